The molecule has 4 atom stereocenters. The zero-order valence-electron chi connectivity index (χ0n) is 15.3. The Hall–Kier alpha value is -0.560. The molecule has 0 heterocycles. The number of esters is 2. The van der Waals surface area contributed by atoms with Gasteiger partial charge in [-0.15, -0.1) is 24.8 Å². The number of rotatable bonds is 2. The van der Waals surface area contributed by atoms with Crippen molar-refractivity contribution in [1.29, 1.82) is 0 Å². The van der Waals surface area contributed by atoms with Crippen LogP contribution in [0.5, 0.6) is 0 Å². The van der Waals surface area contributed by atoms with Gasteiger partial charge in [0.1, 0.15) is 0 Å². The first kappa shape index (κ1) is 25.7. The SMILES string of the molecule is COC(=O)[C@@H]1C[C@H](N)C1(C)C.COC(=O)[C@H]1C[C@@H](N)C1(C)C.Cl.Cl. The molecule has 0 spiro atoms. The third-order valence-electron chi connectivity index (χ3n) is 5.66. The van der Waals surface area contributed by atoms with Gasteiger partial charge in [0.2, 0.25) is 0 Å². The molecule has 2 aliphatic rings. The Kier molecular flexibility index (Phi) is 9.87. The second-order valence-electron chi connectivity index (χ2n) is 7.48. The summed E-state index contributed by atoms with van der Waals surface area (Å²) in [6, 6.07) is 0.290. The first-order valence-electron chi connectivity index (χ1n) is 7.66. The summed E-state index contributed by atoms with van der Waals surface area (Å²) in [7, 11) is 2.84. The fraction of sp³-hybridized carbons (Fsp3) is 0.875. The van der Waals surface area contributed by atoms with E-state index < -0.39 is 0 Å². The Bertz CT molecular complexity index is 404. The van der Waals surface area contributed by atoms with Crippen LogP contribution in [-0.4, -0.2) is 38.2 Å². The van der Waals surface area contributed by atoms with E-state index in [2.05, 4.69) is 9.47 Å². The lowest BCUT2D eigenvalue weighted by Crippen LogP contribution is -2.57. The number of halogens is 2. The van der Waals surface area contributed by atoms with Crippen LogP contribution in [0.4, 0.5) is 0 Å². The minimum Gasteiger partial charge on any atom is -0.469 e. The molecule has 0 aromatic heterocycles. The summed E-state index contributed by atoms with van der Waals surface area (Å²) < 4.78 is 9.29. The quantitative estimate of drug-likeness (QED) is 0.702. The highest BCUT2D eigenvalue weighted by atomic mass is 35.5. The first-order chi connectivity index (χ1) is 9.99. The van der Waals surface area contributed by atoms with Crippen LogP contribution < -0.4 is 11.5 Å². The Balaban J connectivity index is 0. The van der Waals surface area contributed by atoms with Crippen LogP contribution in [0.15, 0.2) is 0 Å². The Morgan fingerprint density at radius 2 is 1.04 bits per heavy atom. The molecule has 0 radical (unpaired) electrons. The van der Waals surface area contributed by atoms with E-state index in [1.165, 1.54) is 14.2 Å². The summed E-state index contributed by atoms with van der Waals surface area (Å²) >= 11 is 0. The molecule has 0 amide bonds. The molecule has 2 fully saturated rings. The normalized spacial score (nSPS) is 31.3. The van der Waals surface area contributed by atoms with Crippen molar-refractivity contribution in [2.45, 2.75) is 52.6 Å². The molecule has 0 aromatic carbocycles. The molecule has 6 nitrogen and oxygen atoms in total. The molecule has 0 saturated heterocycles. The maximum atomic E-state index is 11.1. The van der Waals surface area contributed by atoms with Crippen LogP contribution >= 0.6 is 24.8 Å². The van der Waals surface area contributed by atoms with Gasteiger partial charge in [-0.05, 0) is 23.7 Å². The Morgan fingerprint density at radius 1 is 0.792 bits per heavy atom. The lowest BCUT2D eigenvalue weighted by Gasteiger charge is -2.48. The van der Waals surface area contributed by atoms with Crippen LogP contribution in [0, 0.1) is 22.7 Å². The second kappa shape index (κ2) is 9.22. The molecule has 8 heteroatoms. The summed E-state index contributed by atoms with van der Waals surface area (Å²) in [5.41, 5.74) is 11.3. The van der Waals surface area contributed by atoms with Crippen LogP contribution in [0.2, 0.25) is 0 Å². The average Bonchev–Trinajstić information content (AvgIpc) is 2.49. The summed E-state index contributed by atoms with van der Waals surface area (Å²) in [6.07, 6.45) is 1.53. The van der Waals surface area contributed by atoms with E-state index in [0.29, 0.717) is 0 Å². The zero-order chi connectivity index (χ0) is 17.3. The van der Waals surface area contributed by atoms with Crippen molar-refractivity contribution in [3.05, 3.63) is 0 Å². The van der Waals surface area contributed by atoms with Gasteiger partial charge in [0, 0.05) is 12.1 Å². The maximum absolute atomic E-state index is 11.1. The van der Waals surface area contributed by atoms with Crippen molar-refractivity contribution in [1.82, 2.24) is 0 Å². The molecule has 4 N–H and O–H groups in total. The molecule has 2 saturated carbocycles. The minimum atomic E-state index is -0.128. The van der Waals surface area contributed by atoms with Crippen molar-refractivity contribution in [2.75, 3.05) is 14.2 Å². The molecular weight excluding hydrogens is 355 g/mol. The van der Waals surface area contributed by atoms with E-state index in [9.17, 15) is 9.59 Å². The molecular formula is C16H32Cl2N2O4. The van der Waals surface area contributed by atoms with E-state index in [1.54, 1.807) is 0 Å². The van der Waals surface area contributed by atoms with E-state index in [0.717, 1.165) is 12.8 Å². The second-order valence-corrected chi connectivity index (χ2v) is 7.48. The van der Waals surface area contributed by atoms with Gasteiger partial charge >= 0.3 is 11.9 Å². The van der Waals surface area contributed by atoms with Crippen molar-refractivity contribution in [3.63, 3.8) is 0 Å². The first-order valence-corrected chi connectivity index (χ1v) is 7.66. The van der Waals surface area contributed by atoms with Gasteiger partial charge < -0.3 is 20.9 Å². The van der Waals surface area contributed by atoms with E-state index in [-0.39, 0.29) is 71.5 Å². The molecule has 2 rings (SSSR count). The smallest absolute Gasteiger partial charge is 0.309 e. The van der Waals surface area contributed by atoms with Crippen LogP contribution in [0.25, 0.3) is 0 Å². The van der Waals surface area contributed by atoms with Gasteiger partial charge in [-0.2, -0.15) is 0 Å². The molecule has 0 aromatic rings. The van der Waals surface area contributed by atoms with Gasteiger partial charge in [0.05, 0.1) is 26.1 Å². The molecule has 0 unspecified atom stereocenters. The highest BCUT2D eigenvalue weighted by Gasteiger charge is 2.51. The minimum absolute atomic E-state index is 0. The van der Waals surface area contributed by atoms with Crippen molar-refractivity contribution < 1.29 is 19.1 Å². The fourth-order valence-corrected chi connectivity index (χ4v) is 3.00. The number of hydrogen-bond acceptors (Lipinski definition) is 6. The third-order valence-corrected chi connectivity index (χ3v) is 5.66. The lowest BCUT2D eigenvalue weighted by atomic mass is 9.59. The Morgan fingerprint density at radius 3 is 1.17 bits per heavy atom. The van der Waals surface area contributed by atoms with Gasteiger partial charge in [-0.3, -0.25) is 9.59 Å². The average molecular weight is 387 g/mol. The fourth-order valence-electron chi connectivity index (χ4n) is 3.00. The highest BCUT2D eigenvalue weighted by molar-refractivity contribution is 5.85. The zero-order valence-corrected chi connectivity index (χ0v) is 17.0. The number of hydrogen-bond donors (Lipinski definition) is 2. The largest absolute Gasteiger partial charge is 0.469 e. The van der Waals surface area contributed by atoms with Gasteiger partial charge in [-0.25, -0.2) is 0 Å². The molecule has 0 aliphatic heterocycles. The summed E-state index contributed by atoms with van der Waals surface area (Å²) in [4.78, 5) is 22.2. The van der Waals surface area contributed by atoms with Gasteiger partial charge in [0.25, 0.3) is 0 Å². The van der Waals surface area contributed by atoms with E-state index in [4.69, 9.17) is 11.5 Å². The van der Waals surface area contributed by atoms with E-state index >= 15 is 0 Å². The summed E-state index contributed by atoms with van der Waals surface area (Å²) in [5.74, 6) is -0.251. The number of nitrogens with two attached hydrogens (primary N) is 2. The van der Waals surface area contributed by atoms with Crippen molar-refractivity contribution in [3.8, 4) is 0 Å². The predicted octanol–water partition coefficient (Wildman–Crippen LogP) is 1.91. The van der Waals surface area contributed by atoms with Crippen LogP contribution in [0.3, 0.4) is 0 Å². The number of carbonyl (C=O) groups excluding carboxylic acids is 2. The number of carbonyl (C=O) groups is 2. The molecule has 24 heavy (non-hydrogen) atoms. The molecule has 0 bridgehead atoms. The Labute approximate surface area is 157 Å². The summed E-state index contributed by atoms with van der Waals surface area (Å²) in [6.45, 7) is 8.01. The third kappa shape index (κ3) is 4.75. The lowest BCUT2D eigenvalue weighted by molar-refractivity contribution is -0.158. The van der Waals surface area contributed by atoms with Crippen LogP contribution in [-0.2, 0) is 19.1 Å². The summed E-state index contributed by atoms with van der Waals surface area (Å²) in [5, 5.41) is 0. The van der Waals surface area contributed by atoms with Crippen LogP contribution in [0.1, 0.15) is 40.5 Å². The predicted molar refractivity (Wildman–Crippen MR) is 98.3 cm³/mol. The maximum Gasteiger partial charge on any atom is 0.309 e. The van der Waals surface area contributed by atoms with Crippen molar-refractivity contribution in [2.24, 2.45) is 34.1 Å². The topological polar surface area (TPSA) is 105 Å². The number of ether oxygens (including phenoxy) is 2. The molecule has 2 aliphatic carbocycles. The van der Waals surface area contributed by atoms with Crippen molar-refractivity contribution >= 4 is 36.8 Å². The van der Waals surface area contributed by atoms with Gasteiger partial charge in [0.15, 0.2) is 0 Å². The highest BCUT2D eigenvalue weighted by Crippen LogP contribution is 2.46. The van der Waals surface area contributed by atoms with E-state index in [1.807, 2.05) is 27.7 Å². The monoisotopic (exact) mass is 386 g/mol. The molecule has 144 valence electrons. The van der Waals surface area contributed by atoms with Gasteiger partial charge in [-0.1, -0.05) is 27.7 Å². The standard InChI is InChI=1S/2C8H15NO2.2ClH/c2*1-8(2)5(4-6(8)9)7(10)11-3;;/h2*5-6H,4,9H2,1-3H3;2*1H/t2*5-,6-;;/m10../s1. The number of methoxy groups -OCH3 is 2.